The van der Waals surface area contributed by atoms with E-state index in [1.807, 2.05) is 6.92 Å². The van der Waals surface area contributed by atoms with Gasteiger partial charge in [-0.25, -0.2) is 23.7 Å². The Morgan fingerprint density at radius 3 is 2.81 bits per heavy atom. The number of aromatic nitrogens is 7. The van der Waals surface area contributed by atoms with Crippen LogP contribution in [-0.4, -0.2) is 58.2 Å². The molecule has 0 bridgehead atoms. The quantitative estimate of drug-likeness (QED) is 0.514. The SMILES string of the molecule is C[C@H]1CC[C@@H](c2nc3c4cc(F)cc(F)c4nc(N)n3n2)CN1C(=O)c1nccnn1. The van der Waals surface area contributed by atoms with Crippen molar-refractivity contribution < 1.29 is 13.6 Å². The number of nitrogens with two attached hydrogens (primary N) is 1. The summed E-state index contributed by atoms with van der Waals surface area (Å²) in [5.41, 5.74) is 6.08. The Kier molecular flexibility index (Phi) is 4.41. The third kappa shape index (κ3) is 3.20. The lowest BCUT2D eigenvalue weighted by Crippen LogP contribution is -2.45. The van der Waals surface area contributed by atoms with Crippen LogP contribution in [0.2, 0.25) is 0 Å². The van der Waals surface area contributed by atoms with Crippen molar-refractivity contribution in [2.24, 2.45) is 0 Å². The molecule has 0 radical (unpaired) electrons. The summed E-state index contributed by atoms with van der Waals surface area (Å²) in [4.78, 5) is 27.0. The number of carbonyl (C=O) groups is 1. The maximum Gasteiger partial charge on any atom is 0.293 e. The van der Waals surface area contributed by atoms with E-state index in [9.17, 15) is 13.6 Å². The van der Waals surface area contributed by atoms with Crippen molar-refractivity contribution in [1.82, 2.24) is 39.7 Å². The average Bonchev–Trinajstić information content (AvgIpc) is 3.22. The second kappa shape index (κ2) is 7.15. The van der Waals surface area contributed by atoms with E-state index in [1.165, 1.54) is 16.9 Å². The molecule has 10 nitrogen and oxygen atoms in total. The Morgan fingerprint density at radius 1 is 1.19 bits per heavy atom. The summed E-state index contributed by atoms with van der Waals surface area (Å²) >= 11 is 0. The zero-order valence-electron chi connectivity index (χ0n) is 16.4. The summed E-state index contributed by atoms with van der Waals surface area (Å²) < 4.78 is 29.3. The number of halogens is 2. The van der Waals surface area contributed by atoms with Crippen molar-refractivity contribution >= 4 is 28.4 Å². The average molecular weight is 425 g/mol. The van der Waals surface area contributed by atoms with E-state index in [0.29, 0.717) is 18.8 Å². The van der Waals surface area contributed by atoms with Crippen molar-refractivity contribution in [2.45, 2.75) is 31.7 Å². The summed E-state index contributed by atoms with van der Waals surface area (Å²) in [7, 11) is 0. The zero-order chi connectivity index (χ0) is 21.7. The molecule has 0 aliphatic carbocycles. The molecule has 0 saturated carbocycles. The van der Waals surface area contributed by atoms with Crippen LogP contribution in [0, 0.1) is 11.6 Å². The monoisotopic (exact) mass is 425 g/mol. The first-order chi connectivity index (χ1) is 14.9. The van der Waals surface area contributed by atoms with Gasteiger partial charge in [-0.2, -0.15) is 9.61 Å². The molecule has 2 atom stereocenters. The minimum atomic E-state index is -0.825. The molecular weight excluding hydrogens is 408 g/mol. The van der Waals surface area contributed by atoms with Gasteiger partial charge in [0.05, 0.1) is 11.6 Å². The predicted molar refractivity (Wildman–Crippen MR) is 105 cm³/mol. The molecule has 1 aromatic carbocycles. The number of piperidine rings is 1. The number of amides is 1. The fourth-order valence-electron chi connectivity index (χ4n) is 3.92. The summed E-state index contributed by atoms with van der Waals surface area (Å²) in [5, 5.41) is 12.1. The van der Waals surface area contributed by atoms with Gasteiger partial charge in [0.25, 0.3) is 5.91 Å². The largest absolute Gasteiger partial charge is 0.368 e. The van der Waals surface area contributed by atoms with Crippen LogP contribution in [0.1, 0.15) is 42.1 Å². The Labute approximate surface area is 174 Å². The molecule has 12 heteroatoms. The summed E-state index contributed by atoms with van der Waals surface area (Å²) in [5.74, 6) is -1.73. The number of nitrogens with zero attached hydrogens (tertiary/aromatic N) is 8. The molecule has 4 aromatic rings. The second-order valence-electron chi connectivity index (χ2n) is 7.51. The number of benzene rings is 1. The van der Waals surface area contributed by atoms with Crippen molar-refractivity contribution in [1.29, 1.82) is 0 Å². The smallest absolute Gasteiger partial charge is 0.293 e. The molecule has 0 unspecified atom stereocenters. The number of hydrogen-bond acceptors (Lipinski definition) is 8. The van der Waals surface area contributed by atoms with Gasteiger partial charge >= 0.3 is 0 Å². The van der Waals surface area contributed by atoms with Gasteiger partial charge in [-0.3, -0.25) is 4.79 Å². The molecule has 5 rings (SSSR count). The molecule has 0 spiro atoms. The fraction of sp³-hybridized carbons (Fsp3) is 0.316. The minimum Gasteiger partial charge on any atom is -0.368 e. The lowest BCUT2D eigenvalue weighted by Gasteiger charge is -2.36. The highest BCUT2D eigenvalue weighted by Gasteiger charge is 2.34. The number of anilines is 1. The van der Waals surface area contributed by atoms with Crippen molar-refractivity contribution in [3.05, 3.63) is 47.8 Å². The molecular formula is C19H17F2N9O. The maximum atomic E-state index is 14.2. The lowest BCUT2D eigenvalue weighted by molar-refractivity contribution is 0.0592. The topological polar surface area (TPSA) is 128 Å². The van der Waals surface area contributed by atoms with Crippen LogP contribution in [0.15, 0.2) is 24.5 Å². The van der Waals surface area contributed by atoms with Gasteiger partial charge in [0.1, 0.15) is 11.3 Å². The second-order valence-corrected chi connectivity index (χ2v) is 7.51. The highest BCUT2D eigenvalue weighted by molar-refractivity contribution is 5.92. The van der Waals surface area contributed by atoms with Crippen molar-refractivity contribution in [2.75, 3.05) is 12.3 Å². The molecule has 1 saturated heterocycles. The Balaban J connectivity index is 1.54. The van der Waals surface area contributed by atoms with Gasteiger partial charge in [-0.1, -0.05) is 0 Å². The Hall–Kier alpha value is -3.83. The van der Waals surface area contributed by atoms with E-state index in [1.54, 1.807) is 4.90 Å². The zero-order valence-corrected chi connectivity index (χ0v) is 16.4. The number of hydrogen-bond donors (Lipinski definition) is 1. The first-order valence-electron chi connectivity index (χ1n) is 9.68. The van der Waals surface area contributed by atoms with Crippen LogP contribution in [0.4, 0.5) is 14.7 Å². The number of nitrogen functional groups attached to an aromatic ring is 1. The van der Waals surface area contributed by atoms with Crippen LogP contribution in [0.5, 0.6) is 0 Å². The first-order valence-corrected chi connectivity index (χ1v) is 9.68. The number of rotatable bonds is 2. The van der Waals surface area contributed by atoms with E-state index in [-0.39, 0.29) is 46.2 Å². The normalized spacial score (nSPS) is 19.3. The summed E-state index contributed by atoms with van der Waals surface area (Å²) in [6.07, 6.45) is 4.25. The van der Waals surface area contributed by atoms with E-state index < -0.39 is 11.6 Å². The third-order valence-corrected chi connectivity index (χ3v) is 5.52. The molecule has 31 heavy (non-hydrogen) atoms. The predicted octanol–water partition coefficient (Wildman–Crippen LogP) is 1.73. The van der Waals surface area contributed by atoms with Crippen molar-refractivity contribution in [3.8, 4) is 0 Å². The van der Waals surface area contributed by atoms with E-state index in [2.05, 4.69) is 30.2 Å². The molecule has 4 heterocycles. The summed E-state index contributed by atoms with van der Waals surface area (Å²) in [6, 6.07) is 1.87. The third-order valence-electron chi connectivity index (χ3n) is 5.52. The molecule has 1 fully saturated rings. The van der Waals surface area contributed by atoms with Crippen molar-refractivity contribution in [3.63, 3.8) is 0 Å². The molecule has 2 N–H and O–H groups in total. The number of likely N-dealkylation sites (tertiary alicyclic amines) is 1. The lowest BCUT2D eigenvalue weighted by atomic mass is 9.92. The minimum absolute atomic E-state index is 0.0170. The van der Waals surface area contributed by atoms with Gasteiger partial charge in [0.15, 0.2) is 17.3 Å². The van der Waals surface area contributed by atoms with Crippen LogP contribution < -0.4 is 5.73 Å². The molecule has 3 aromatic heterocycles. The summed E-state index contributed by atoms with van der Waals surface area (Å²) in [6.45, 7) is 2.28. The van der Waals surface area contributed by atoms with Gasteiger partial charge in [0, 0.05) is 30.8 Å². The highest BCUT2D eigenvalue weighted by atomic mass is 19.1. The van der Waals surface area contributed by atoms with E-state index >= 15 is 0 Å². The Morgan fingerprint density at radius 2 is 2.03 bits per heavy atom. The van der Waals surface area contributed by atoms with Gasteiger partial charge in [0.2, 0.25) is 11.8 Å². The maximum absolute atomic E-state index is 14.2. The highest BCUT2D eigenvalue weighted by Crippen LogP contribution is 2.31. The fourth-order valence-corrected chi connectivity index (χ4v) is 3.92. The number of carbonyl (C=O) groups excluding carboxylic acids is 1. The molecule has 158 valence electrons. The first kappa shape index (κ1) is 19.2. The Bertz CT molecular complexity index is 1310. The molecule has 1 aliphatic rings. The van der Waals surface area contributed by atoms with Crippen LogP contribution >= 0.6 is 0 Å². The van der Waals surface area contributed by atoms with Gasteiger partial charge in [-0.15, -0.1) is 10.2 Å². The van der Waals surface area contributed by atoms with E-state index in [4.69, 9.17) is 5.73 Å². The number of fused-ring (bicyclic) bond motifs is 3. The molecule has 1 amide bonds. The standard InChI is InChI=1S/C19H17F2N9O/c1-9-2-3-10(8-29(9)18(31)16-23-4-5-24-27-16)15-26-17-12-6-11(20)7-13(21)14(12)25-19(22)30(17)28-15/h4-7,9-10H,2-3,8H2,1H3,(H2,22,25)/t9-,10+/m0/s1. The molecule has 1 aliphatic heterocycles. The van der Waals surface area contributed by atoms with Gasteiger partial charge < -0.3 is 10.6 Å². The van der Waals surface area contributed by atoms with Crippen LogP contribution in [0.25, 0.3) is 16.6 Å². The van der Waals surface area contributed by atoms with Crippen LogP contribution in [0.3, 0.4) is 0 Å². The van der Waals surface area contributed by atoms with Crippen LogP contribution in [-0.2, 0) is 0 Å². The van der Waals surface area contributed by atoms with E-state index in [0.717, 1.165) is 18.6 Å². The van der Waals surface area contributed by atoms with Gasteiger partial charge in [-0.05, 0) is 25.8 Å².